The second-order valence-corrected chi connectivity index (χ2v) is 5.25. The van der Waals surface area contributed by atoms with Crippen LogP contribution < -0.4 is 5.73 Å². The van der Waals surface area contributed by atoms with Crippen molar-refractivity contribution in [3.8, 4) is 28.8 Å². The van der Waals surface area contributed by atoms with Gasteiger partial charge in [0.25, 0.3) is 0 Å². The molecule has 0 aliphatic heterocycles. The van der Waals surface area contributed by atoms with E-state index in [1.54, 1.807) is 24.7 Å². The van der Waals surface area contributed by atoms with Gasteiger partial charge in [-0.15, -0.1) is 0 Å². The van der Waals surface area contributed by atoms with Gasteiger partial charge in [-0.05, 0) is 24.3 Å². The van der Waals surface area contributed by atoms with Gasteiger partial charge in [0.05, 0.1) is 5.52 Å². The lowest BCUT2D eigenvalue weighted by molar-refractivity contribution is 1.11. The first-order valence-corrected chi connectivity index (χ1v) is 7.46. The molecule has 3 heterocycles. The second kappa shape index (κ2) is 5.94. The van der Waals surface area contributed by atoms with Crippen LogP contribution in [0.2, 0.25) is 0 Å². The van der Waals surface area contributed by atoms with Crippen LogP contribution in [0.25, 0.3) is 33.7 Å². The highest BCUT2D eigenvalue weighted by Crippen LogP contribution is 2.30. The maximum atomic E-state index is 9.25. The Morgan fingerprint density at radius 1 is 0.880 bits per heavy atom. The largest absolute Gasteiger partial charge is 0.381 e. The van der Waals surface area contributed by atoms with Crippen molar-refractivity contribution >= 4 is 16.7 Å². The van der Waals surface area contributed by atoms with Crippen LogP contribution in [0.4, 0.5) is 5.82 Å². The summed E-state index contributed by atoms with van der Waals surface area (Å²) < 4.78 is 0. The standard InChI is InChI=1S/C18H11N7/c19-10-14-17(20)25-16(18-22-7-2-8-23-18)15(24-14)12-4-5-13-11(9-12)3-1-6-21-13/h1-9H,(H2,20,25). The van der Waals surface area contributed by atoms with Crippen molar-refractivity contribution in [3.05, 3.63) is 60.7 Å². The number of nitrogen functional groups attached to an aromatic ring is 1. The summed E-state index contributed by atoms with van der Waals surface area (Å²) in [4.78, 5) is 21.5. The Labute approximate surface area is 142 Å². The number of hydrogen-bond donors (Lipinski definition) is 1. The number of nitrogens with zero attached hydrogens (tertiary/aromatic N) is 6. The zero-order valence-corrected chi connectivity index (χ0v) is 13.0. The lowest BCUT2D eigenvalue weighted by Crippen LogP contribution is -2.04. The number of pyridine rings is 1. The van der Waals surface area contributed by atoms with Gasteiger partial charge in [-0.25, -0.2) is 19.9 Å². The van der Waals surface area contributed by atoms with Crippen LogP contribution in [0, 0.1) is 11.3 Å². The molecule has 1 aromatic carbocycles. The van der Waals surface area contributed by atoms with E-state index in [4.69, 9.17) is 5.73 Å². The molecule has 2 N–H and O–H groups in total. The molecule has 0 amide bonds. The summed E-state index contributed by atoms with van der Waals surface area (Å²) in [7, 11) is 0. The molecule has 7 nitrogen and oxygen atoms in total. The van der Waals surface area contributed by atoms with Gasteiger partial charge >= 0.3 is 0 Å². The normalized spacial score (nSPS) is 10.5. The SMILES string of the molecule is N#Cc1nc(-c2ccc3ncccc3c2)c(-c2ncccn2)nc1N. The number of aromatic nitrogens is 5. The third-order valence-corrected chi connectivity index (χ3v) is 3.68. The maximum absolute atomic E-state index is 9.25. The molecule has 0 aliphatic carbocycles. The fourth-order valence-corrected chi connectivity index (χ4v) is 2.53. The average Bonchev–Trinajstić information content (AvgIpc) is 2.68. The maximum Gasteiger partial charge on any atom is 0.183 e. The van der Waals surface area contributed by atoms with Crippen LogP contribution in [0.3, 0.4) is 0 Å². The highest BCUT2D eigenvalue weighted by Gasteiger charge is 2.17. The summed E-state index contributed by atoms with van der Waals surface area (Å²) in [5.41, 5.74) is 8.50. The topological polar surface area (TPSA) is 114 Å². The van der Waals surface area contributed by atoms with Gasteiger partial charge in [0.2, 0.25) is 0 Å². The molecule has 0 radical (unpaired) electrons. The third kappa shape index (κ3) is 2.62. The van der Waals surface area contributed by atoms with Crippen LogP contribution in [-0.4, -0.2) is 24.9 Å². The smallest absolute Gasteiger partial charge is 0.183 e. The predicted octanol–water partition coefficient (Wildman–Crippen LogP) is 2.60. The van der Waals surface area contributed by atoms with E-state index >= 15 is 0 Å². The molecule has 25 heavy (non-hydrogen) atoms. The predicted molar refractivity (Wildman–Crippen MR) is 92.9 cm³/mol. The fraction of sp³-hybridized carbons (Fsp3) is 0. The van der Waals surface area contributed by atoms with E-state index in [1.165, 1.54) is 0 Å². The first-order valence-electron chi connectivity index (χ1n) is 7.46. The molecule has 7 heteroatoms. The molecule has 4 rings (SSSR count). The number of benzene rings is 1. The van der Waals surface area contributed by atoms with Crippen molar-refractivity contribution in [2.24, 2.45) is 0 Å². The number of fused-ring (bicyclic) bond motifs is 1. The Bertz CT molecular complexity index is 1120. The highest BCUT2D eigenvalue weighted by molar-refractivity contribution is 5.86. The van der Waals surface area contributed by atoms with E-state index in [0.717, 1.165) is 16.5 Å². The Hall–Kier alpha value is -3.92. The minimum atomic E-state index is 0.0520. The van der Waals surface area contributed by atoms with E-state index in [-0.39, 0.29) is 11.5 Å². The van der Waals surface area contributed by atoms with Gasteiger partial charge in [0.15, 0.2) is 17.3 Å². The van der Waals surface area contributed by atoms with Crippen molar-refractivity contribution < 1.29 is 0 Å². The van der Waals surface area contributed by atoms with Crippen molar-refractivity contribution in [3.63, 3.8) is 0 Å². The number of rotatable bonds is 2. The zero-order chi connectivity index (χ0) is 17.2. The molecule has 4 aromatic rings. The lowest BCUT2D eigenvalue weighted by atomic mass is 10.1. The van der Waals surface area contributed by atoms with Gasteiger partial charge < -0.3 is 5.73 Å². The number of nitrogens with two attached hydrogens (primary N) is 1. The monoisotopic (exact) mass is 325 g/mol. The molecule has 0 atom stereocenters. The molecule has 0 fully saturated rings. The molecular formula is C18H11N7. The van der Waals surface area contributed by atoms with E-state index in [2.05, 4.69) is 24.9 Å². The van der Waals surface area contributed by atoms with Crippen molar-refractivity contribution in [2.75, 3.05) is 5.73 Å². The molecule has 0 spiro atoms. The summed E-state index contributed by atoms with van der Waals surface area (Å²) >= 11 is 0. The van der Waals surface area contributed by atoms with Crippen LogP contribution in [0.15, 0.2) is 55.0 Å². The molecule has 118 valence electrons. The van der Waals surface area contributed by atoms with E-state index < -0.39 is 0 Å². The minimum Gasteiger partial charge on any atom is -0.381 e. The van der Waals surface area contributed by atoms with E-state index in [1.807, 2.05) is 36.4 Å². The summed E-state index contributed by atoms with van der Waals surface area (Å²) in [6.07, 6.45) is 4.97. The summed E-state index contributed by atoms with van der Waals surface area (Å²) in [6.45, 7) is 0. The number of nitriles is 1. The van der Waals surface area contributed by atoms with E-state index in [0.29, 0.717) is 17.2 Å². The number of anilines is 1. The Balaban J connectivity index is 2.00. The molecular weight excluding hydrogens is 314 g/mol. The van der Waals surface area contributed by atoms with Gasteiger partial charge in [-0.3, -0.25) is 4.98 Å². The number of hydrogen-bond acceptors (Lipinski definition) is 7. The van der Waals surface area contributed by atoms with Gasteiger partial charge in [0.1, 0.15) is 17.5 Å². The fourth-order valence-electron chi connectivity index (χ4n) is 2.53. The lowest BCUT2D eigenvalue weighted by Gasteiger charge is -2.09. The second-order valence-electron chi connectivity index (χ2n) is 5.25. The van der Waals surface area contributed by atoms with Crippen LogP contribution in [-0.2, 0) is 0 Å². The zero-order valence-electron chi connectivity index (χ0n) is 13.0. The first kappa shape index (κ1) is 14.7. The molecule has 0 bridgehead atoms. The summed E-state index contributed by atoms with van der Waals surface area (Å²) in [5, 5.41) is 10.2. The molecule has 0 saturated heterocycles. The molecule has 0 unspecified atom stereocenters. The molecule has 3 aromatic heterocycles. The van der Waals surface area contributed by atoms with Crippen LogP contribution in [0.5, 0.6) is 0 Å². The van der Waals surface area contributed by atoms with Crippen molar-refractivity contribution in [1.82, 2.24) is 24.9 Å². The van der Waals surface area contributed by atoms with Crippen LogP contribution in [0.1, 0.15) is 5.69 Å². The van der Waals surface area contributed by atoms with Crippen molar-refractivity contribution in [1.29, 1.82) is 5.26 Å². The van der Waals surface area contributed by atoms with Gasteiger partial charge in [0, 0.05) is 29.5 Å². The molecule has 0 aliphatic rings. The highest BCUT2D eigenvalue weighted by atomic mass is 15.0. The minimum absolute atomic E-state index is 0.0520. The third-order valence-electron chi connectivity index (χ3n) is 3.68. The quantitative estimate of drug-likeness (QED) is 0.602. The van der Waals surface area contributed by atoms with E-state index in [9.17, 15) is 5.26 Å². The summed E-state index contributed by atoms with van der Waals surface area (Å²) in [6, 6.07) is 13.2. The first-order chi connectivity index (χ1) is 12.3. The Kier molecular flexibility index (Phi) is 3.48. The van der Waals surface area contributed by atoms with Gasteiger partial charge in [-0.2, -0.15) is 5.26 Å². The summed E-state index contributed by atoms with van der Waals surface area (Å²) in [5.74, 6) is 0.448. The Morgan fingerprint density at radius 3 is 2.48 bits per heavy atom. The molecule has 0 saturated carbocycles. The Morgan fingerprint density at radius 2 is 1.68 bits per heavy atom. The van der Waals surface area contributed by atoms with Crippen LogP contribution >= 0.6 is 0 Å². The van der Waals surface area contributed by atoms with Gasteiger partial charge in [-0.1, -0.05) is 12.1 Å². The average molecular weight is 325 g/mol. The van der Waals surface area contributed by atoms with Crippen molar-refractivity contribution in [2.45, 2.75) is 0 Å².